The quantitative estimate of drug-likeness (QED) is 0.856. The van der Waals surface area contributed by atoms with Crippen molar-refractivity contribution in [1.29, 1.82) is 0 Å². The first-order valence-corrected chi connectivity index (χ1v) is 9.04. The number of rotatable bonds is 6. The van der Waals surface area contributed by atoms with Crippen molar-refractivity contribution in [2.75, 3.05) is 19.6 Å². The molecule has 5 heteroatoms. The van der Waals surface area contributed by atoms with Crippen molar-refractivity contribution in [3.8, 4) is 0 Å². The molecule has 2 N–H and O–H groups in total. The molecule has 5 nitrogen and oxygen atoms in total. The highest BCUT2D eigenvalue weighted by Crippen LogP contribution is 2.22. The highest BCUT2D eigenvalue weighted by molar-refractivity contribution is 5.77. The Morgan fingerprint density at radius 2 is 2.29 bits per heavy atom. The molecular formula is C19H28N4O. The van der Waals surface area contributed by atoms with Crippen LogP contribution in [0.4, 0.5) is 0 Å². The minimum absolute atomic E-state index is 0.162. The number of aromatic nitrogens is 2. The maximum atomic E-state index is 12.2. The van der Waals surface area contributed by atoms with Gasteiger partial charge in [-0.3, -0.25) is 4.79 Å². The van der Waals surface area contributed by atoms with Gasteiger partial charge in [-0.25, -0.2) is 4.98 Å². The maximum absolute atomic E-state index is 12.2. The molecule has 2 aromatic rings. The largest absolute Gasteiger partial charge is 0.354 e. The van der Waals surface area contributed by atoms with Gasteiger partial charge >= 0.3 is 0 Å². The number of fused-ring (bicyclic) bond motifs is 1. The van der Waals surface area contributed by atoms with Crippen LogP contribution in [0.3, 0.4) is 0 Å². The van der Waals surface area contributed by atoms with Crippen molar-refractivity contribution in [1.82, 2.24) is 20.2 Å². The van der Waals surface area contributed by atoms with Crippen LogP contribution < -0.4 is 10.6 Å². The van der Waals surface area contributed by atoms with Crippen LogP contribution in [0.5, 0.6) is 0 Å². The molecule has 0 spiro atoms. The summed E-state index contributed by atoms with van der Waals surface area (Å²) in [5.41, 5.74) is 2.14. The Balaban J connectivity index is 1.48. The van der Waals surface area contributed by atoms with E-state index in [0.717, 1.165) is 36.5 Å². The summed E-state index contributed by atoms with van der Waals surface area (Å²) >= 11 is 0. The van der Waals surface area contributed by atoms with Gasteiger partial charge in [0.2, 0.25) is 5.91 Å². The van der Waals surface area contributed by atoms with Crippen LogP contribution in [0.1, 0.15) is 32.0 Å². The summed E-state index contributed by atoms with van der Waals surface area (Å²) in [4.78, 5) is 16.8. The summed E-state index contributed by atoms with van der Waals surface area (Å²) in [5.74, 6) is 2.22. The lowest BCUT2D eigenvalue weighted by molar-refractivity contribution is -0.122. The van der Waals surface area contributed by atoms with Gasteiger partial charge < -0.3 is 15.2 Å². The number of imidazole rings is 1. The SMILES string of the molecule is Cc1nc2ccccc2n1CCNC(=O)CC(C)C1CCCNC1. The predicted octanol–water partition coefficient (Wildman–Crippen LogP) is 2.49. The Labute approximate surface area is 143 Å². The van der Waals surface area contributed by atoms with Crippen molar-refractivity contribution in [3.63, 3.8) is 0 Å². The van der Waals surface area contributed by atoms with E-state index in [1.807, 2.05) is 25.1 Å². The third-order valence-electron chi connectivity index (χ3n) is 5.15. The van der Waals surface area contributed by atoms with Gasteiger partial charge in [0.25, 0.3) is 0 Å². The molecule has 0 radical (unpaired) electrons. The third-order valence-corrected chi connectivity index (χ3v) is 5.15. The van der Waals surface area contributed by atoms with Crippen molar-refractivity contribution >= 4 is 16.9 Å². The second-order valence-corrected chi connectivity index (χ2v) is 6.94. The van der Waals surface area contributed by atoms with Crippen LogP contribution in [0.25, 0.3) is 11.0 Å². The molecule has 1 amide bonds. The zero-order chi connectivity index (χ0) is 16.9. The minimum Gasteiger partial charge on any atom is -0.354 e. The zero-order valence-corrected chi connectivity index (χ0v) is 14.7. The first kappa shape index (κ1) is 17.0. The molecule has 1 aliphatic rings. The van der Waals surface area contributed by atoms with Gasteiger partial charge in [0.05, 0.1) is 11.0 Å². The molecule has 1 aliphatic heterocycles. The minimum atomic E-state index is 0.162. The fourth-order valence-corrected chi connectivity index (χ4v) is 3.68. The number of carbonyl (C=O) groups excluding carboxylic acids is 1. The molecule has 1 saturated heterocycles. The second kappa shape index (κ2) is 7.79. The summed E-state index contributed by atoms with van der Waals surface area (Å²) in [6.07, 6.45) is 3.08. The lowest BCUT2D eigenvalue weighted by Crippen LogP contribution is -2.36. The normalized spacial score (nSPS) is 19.3. The molecule has 1 aromatic heterocycles. The molecular weight excluding hydrogens is 300 g/mol. The summed E-state index contributed by atoms with van der Waals surface area (Å²) in [6.45, 7) is 7.79. The van der Waals surface area contributed by atoms with Crippen molar-refractivity contribution in [2.24, 2.45) is 11.8 Å². The highest BCUT2D eigenvalue weighted by Gasteiger charge is 2.21. The number of amides is 1. The molecule has 0 bridgehead atoms. The number of aryl methyl sites for hydroxylation is 1. The van der Waals surface area contributed by atoms with E-state index in [-0.39, 0.29) is 5.91 Å². The van der Waals surface area contributed by atoms with E-state index in [2.05, 4.69) is 33.2 Å². The van der Waals surface area contributed by atoms with Gasteiger partial charge in [0, 0.05) is 19.5 Å². The molecule has 24 heavy (non-hydrogen) atoms. The van der Waals surface area contributed by atoms with Gasteiger partial charge in [-0.05, 0) is 56.8 Å². The van der Waals surface area contributed by atoms with E-state index in [9.17, 15) is 4.79 Å². The Hall–Kier alpha value is -1.88. The molecule has 130 valence electrons. The lowest BCUT2D eigenvalue weighted by atomic mass is 9.85. The molecule has 3 rings (SSSR count). The molecule has 2 atom stereocenters. The van der Waals surface area contributed by atoms with Gasteiger partial charge in [-0.2, -0.15) is 0 Å². The molecule has 0 saturated carbocycles. The third kappa shape index (κ3) is 3.96. The summed E-state index contributed by atoms with van der Waals surface area (Å²) in [7, 11) is 0. The number of carbonyl (C=O) groups is 1. The smallest absolute Gasteiger partial charge is 0.220 e. The predicted molar refractivity (Wildman–Crippen MR) is 96.9 cm³/mol. The Morgan fingerprint density at radius 1 is 1.46 bits per heavy atom. The van der Waals surface area contributed by atoms with Crippen LogP contribution in [0, 0.1) is 18.8 Å². The number of hydrogen-bond donors (Lipinski definition) is 2. The van der Waals surface area contributed by atoms with Gasteiger partial charge in [0.15, 0.2) is 0 Å². The van der Waals surface area contributed by atoms with E-state index in [1.165, 1.54) is 12.8 Å². The first-order chi connectivity index (χ1) is 11.6. The number of benzene rings is 1. The second-order valence-electron chi connectivity index (χ2n) is 6.94. The highest BCUT2D eigenvalue weighted by atomic mass is 16.1. The molecule has 1 fully saturated rings. The van der Waals surface area contributed by atoms with E-state index < -0.39 is 0 Å². The fraction of sp³-hybridized carbons (Fsp3) is 0.579. The van der Waals surface area contributed by atoms with Crippen LogP contribution in [0.2, 0.25) is 0 Å². The monoisotopic (exact) mass is 328 g/mol. The van der Waals surface area contributed by atoms with Crippen molar-refractivity contribution in [2.45, 2.75) is 39.7 Å². The van der Waals surface area contributed by atoms with Gasteiger partial charge in [-0.15, -0.1) is 0 Å². The average molecular weight is 328 g/mol. The van der Waals surface area contributed by atoms with Crippen molar-refractivity contribution in [3.05, 3.63) is 30.1 Å². The first-order valence-electron chi connectivity index (χ1n) is 9.04. The lowest BCUT2D eigenvalue weighted by Gasteiger charge is -2.28. The zero-order valence-electron chi connectivity index (χ0n) is 14.7. The molecule has 2 heterocycles. The fourth-order valence-electron chi connectivity index (χ4n) is 3.68. The summed E-state index contributed by atoms with van der Waals surface area (Å²) in [5, 5.41) is 6.51. The van der Waals surface area contributed by atoms with Gasteiger partial charge in [-0.1, -0.05) is 19.1 Å². The van der Waals surface area contributed by atoms with E-state index in [4.69, 9.17) is 0 Å². The topological polar surface area (TPSA) is 59.0 Å². The van der Waals surface area contributed by atoms with Crippen LogP contribution in [-0.4, -0.2) is 35.1 Å². The van der Waals surface area contributed by atoms with E-state index in [0.29, 0.717) is 24.8 Å². The van der Waals surface area contributed by atoms with E-state index in [1.54, 1.807) is 0 Å². The number of piperidine rings is 1. The van der Waals surface area contributed by atoms with Crippen LogP contribution >= 0.6 is 0 Å². The standard InChI is InChI=1S/C19H28N4O/c1-14(16-6-5-9-20-13-16)12-19(24)21-10-11-23-15(2)22-17-7-3-4-8-18(17)23/h3-4,7-8,14,16,20H,5-6,9-13H2,1-2H3,(H,21,24). The summed E-state index contributed by atoms with van der Waals surface area (Å²) < 4.78 is 2.17. The Kier molecular flexibility index (Phi) is 5.51. The van der Waals surface area contributed by atoms with Crippen molar-refractivity contribution < 1.29 is 4.79 Å². The Morgan fingerprint density at radius 3 is 3.08 bits per heavy atom. The van der Waals surface area contributed by atoms with Gasteiger partial charge in [0.1, 0.15) is 5.82 Å². The van der Waals surface area contributed by atoms with E-state index >= 15 is 0 Å². The number of nitrogens with one attached hydrogen (secondary N) is 2. The number of para-hydroxylation sites is 2. The van der Waals surface area contributed by atoms with Crippen LogP contribution in [0.15, 0.2) is 24.3 Å². The molecule has 1 aromatic carbocycles. The van der Waals surface area contributed by atoms with Crippen LogP contribution in [-0.2, 0) is 11.3 Å². The maximum Gasteiger partial charge on any atom is 0.220 e. The Bertz CT molecular complexity index is 688. The number of nitrogens with zero attached hydrogens (tertiary/aromatic N) is 2. The summed E-state index contributed by atoms with van der Waals surface area (Å²) in [6, 6.07) is 8.13. The number of hydrogen-bond acceptors (Lipinski definition) is 3. The molecule has 2 unspecified atom stereocenters. The average Bonchev–Trinajstić information content (AvgIpc) is 2.91. The molecule has 0 aliphatic carbocycles.